The predicted octanol–water partition coefficient (Wildman–Crippen LogP) is 5.34. The number of halogens is 6. The summed E-state index contributed by atoms with van der Waals surface area (Å²) in [7, 11) is -4.53. The van der Waals surface area contributed by atoms with E-state index in [-0.39, 0.29) is 16.7 Å². The van der Waals surface area contributed by atoms with Crippen LogP contribution in [-0.4, -0.2) is 35.2 Å². The van der Waals surface area contributed by atoms with E-state index in [0.717, 1.165) is 18.3 Å². The highest BCUT2D eigenvalue weighted by Crippen LogP contribution is 2.34. The van der Waals surface area contributed by atoms with Crippen LogP contribution < -0.4 is 4.72 Å². The van der Waals surface area contributed by atoms with E-state index in [4.69, 9.17) is 0 Å². The summed E-state index contributed by atoms with van der Waals surface area (Å²) in [4.78, 5) is 7.55. The molecule has 0 saturated carbocycles. The topological polar surface area (TPSA) is 76.9 Å². The second-order valence-corrected chi connectivity index (χ2v) is 9.31. The van der Waals surface area contributed by atoms with Gasteiger partial charge in [-0.15, -0.1) is 0 Å². The number of benzene rings is 1. The van der Waals surface area contributed by atoms with Crippen LogP contribution in [0.5, 0.6) is 0 Å². The highest BCUT2D eigenvalue weighted by Gasteiger charge is 2.39. The molecule has 1 aromatic carbocycles. The number of fused-ring (bicyclic) bond motifs is 1. The minimum absolute atomic E-state index is 0.165. The highest BCUT2D eigenvalue weighted by atomic mass is 32.2. The first kappa shape index (κ1) is 24.7. The summed E-state index contributed by atoms with van der Waals surface area (Å²) < 4.78 is 106. The van der Waals surface area contributed by atoms with Crippen LogP contribution in [0, 0.1) is 0 Å². The molecule has 4 aromatic rings. The van der Waals surface area contributed by atoms with Crippen LogP contribution in [0.15, 0.2) is 71.9 Å². The molecule has 35 heavy (non-hydrogen) atoms. The lowest BCUT2D eigenvalue weighted by Gasteiger charge is -2.17. The Kier molecular flexibility index (Phi) is 6.09. The van der Waals surface area contributed by atoms with Gasteiger partial charge in [0.2, 0.25) is 10.0 Å². The monoisotopic (exact) mass is 514 g/mol. The molecule has 0 aliphatic rings. The van der Waals surface area contributed by atoms with Crippen molar-refractivity contribution in [2.45, 2.75) is 30.2 Å². The van der Waals surface area contributed by atoms with Gasteiger partial charge >= 0.3 is 12.4 Å². The van der Waals surface area contributed by atoms with Crippen LogP contribution in [0.25, 0.3) is 28.1 Å². The molecular formula is C22H16F6N4O2S. The normalized spacial score (nSPS) is 13.8. The molecule has 4 rings (SSSR count). The molecule has 6 nitrogen and oxygen atoms in total. The lowest BCUT2D eigenvalue weighted by molar-refractivity contribution is -0.147. The van der Waals surface area contributed by atoms with Gasteiger partial charge in [0.05, 0.1) is 17.0 Å². The number of alkyl halides is 6. The first-order chi connectivity index (χ1) is 16.3. The zero-order chi connectivity index (χ0) is 25.6. The van der Waals surface area contributed by atoms with E-state index in [2.05, 4.69) is 9.97 Å². The van der Waals surface area contributed by atoms with E-state index >= 15 is 0 Å². The van der Waals surface area contributed by atoms with Crippen LogP contribution in [0.2, 0.25) is 0 Å². The summed E-state index contributed by atoms with van der Waals surface area (Å²) in [6, 6.07) is 10.9. The number of hydrogen-bond acceptors (Lipinski definition) is 4. The largest absolute Gasteiger partial charge is 0.417 e. The molecular weight excluding hydrogens is 498 g/mol. The van der Waals surface area contributed by atoms with E-state index < -0.39 is 38.9 Å². The van der Waals surface area contributed by atoms with Gasteiger partial charge in [0, 0.05) is 23.5 Å². The van der Waals surface area contributed by atoms with Crippen molar-refractivity contribution >= 4 is 21.1 Å². The van der Waals surface area contributed by atoms with Crippen LogP contribution in [0.4, 0.5) is 26.3 Å². The Morgan fingerprint density at radius 1 is 0.914 bits per heavy atom. The Labute approximate surface area is 195 Å². The first-order valence-electron chi connectivity index (χ1n) is 9.97. The first-order valence-corrected chi connectivity index (χ1v) is 11.5. The van der Waals surface area contributed by atoms with Gasteiger partial charge in [-0.3, -0.25) is 9.55 Å². The van der Waals surface area contributed by atoms with Crippen molar-refractivity contribution < 1.29 is 34.8 Å². The van der Waals surface area contributed by atoms with Gasteiger partial charge in [-0.2, -0.15) is 31.1 Å². The number of para-hydroxylation sites is 1. The van der Waals surface area contributed by atoms with Gasteiger partial charge in [0.25, 0.3) is 0 Å². The number of rotatable bonds is 5. The van der Waals surface area contributed by atoms with Gasteiger partial charge in [-0.05, 0) is 43.3 Å². The summed E-state index contributed by atoms with van der Waals surface area (Å²) in [5, 5.41) is 0.165. The molecule has 0 saturated heterocycles. The number of nitrogens with zero attached hydrogens (tertiary/aromatic N) is 3. The fourth-order valence-electron chi connectivity index (χ4n) is 3.33. The number of sulfonamides is 1. The lowest BCUT2D eigenvalue weighted by atomic mass is 10.2. The molecule has 3 aromatic heterocycles. The smallest absolute Gasteiger partial charge is 0.292 e. The van der Waals surface area contributed by atoms with Crippen LogP contribution in [0.3, 0.4) is 0 Å². The van der Waals surface area contributed by atoms with E-state index in [0.29, 0.717) is 24.5 Å². The van der Waals surface area contributed by atoms with Crippen LogP contribution in [0.1, 0.15) is 12.5 Å². The van der Waals surface area contributed by atoms with Crippen molar-refractivity contribution in [3.05, 3.63) is 72.6 Å². The fourth-order valence-corrected chi connectivity index (χ4v) is 4.51. The number of pyridine rings is 2. The van der Waals surface area contributed by atoms with Crippen molar-refractivity contribution in [3.63, 3.8) is 0 Å². The Morgan fingerprint density at radius 2 is 1.60 bits per heavy atom. The molecule has 0 aliphatic carbocycles. The Balaban J connectivity index is 1.81. The van der Waals surface area contributed by atoms with E-state index in [1.165, 1.54) is 16.9 Å². The minimum Gasteiger partial charge on any atom is -0.292 e. The Bertz CT molecular complexity index is 1460. The van der Waals surface area contributed by atoms with Gasteiger partial charge in [0.1, 0.15) is 16.6 Å². The van der Waals surface area contributed by atoms with Gasteiger partial charge in [0.15, 0.2) is 0 Å². The van der Waals surface area contributed by atoms with Crippen molar-refractivity contribution in [2.75, 3.05) is 0 Å². The molecule has 0 radical (unpaired) electrons. The lowest BCUT2D eigenvalue weighted by Crippen LogP contribution is -2.42. The fraction of sp³-hybridized carbons (Fsp3) is 0.182. The summed E-state index contributed by atoms with van der Waals surface area (Å²) in [6.07, 6.45) is -7.80. The molecule has 0 bridgehead atoms. The standard InChI is InChI=1S/C22H16F6N4O2S/c1-13(21(23,24)25)31-35(33,34)17-7-8-18(29-12-17)19-10-14-9-15(22(26,27)28)11-30-20(14)32(19)16-5-3-2-4-6-16/h2-13,31H,1H3/t13-/m0/s1. The second kappa shape index (κ2) is 8.64. The number of nitrogens with one attached hydrogen (secondary N) is 1. The Hall–Kier alpha value is -3.45. The van der Waals surface area contributed by atoms with Crippen molar-refractivity contribution in [3.8, 4) is 17.1 Å². The SMILES string of the molecule is C[C@H](NS(=O)(=O)c1ccc(-c2cc3cc(C(F)(F)F)cnc3n2-c2ccccc2)nc1)C(F)(F)F. The molecule has 0 spiro atoms. The highest BCUT2D eigenvalue weighted by molar-refractivity contribution is 7.89. The number of aromatic nitrogens is 3. The third-order valence-corrected chi connectivity index (χ3v) is 6.64. The summed E-state index contributed by atoms with van der Waals surface area (Å²) in [5.74, 6) is 0. The average molecular weight is 514 g/mol. The molecule has 0 unspecified atom stereocenters. The van der Waals surface area contributed by atoms with E-state index in [1.807, 2.05) is 0 Å². The summed E-state index contributed by atoms with van der Waals surface area (Å²) in [5.41, 5.74) is 0.296. The maximum atomic E-state index is 13.2. The zero-order valence-electron chi connectivity index (χ0n) is 17.8. The van der Waals surface area contributed by atoms with Gasteiger partial charge in [-0.1, -0.05) is 18.2 Å². The van der Waals surface area contributed by atoms with Crippen molar-refractivity contribution in [1.29, 1.82) is 0 Å². The van der Waals surface area contributed by atoms with Crippen molar-refractivity contribution in [2.24, 2.45) is 0 Å². The quantitative estimate of drug-likeness (QED) is 0.365. The van der Waals surface area contributed by atoms with E-state index in [9.17, 15) is 34.8 Å². The molecule has 1 N–H and O–H groups in total. The minimum atomic E-state index is -4.78. The molecule has 184 valence electrons. The molecule has 0 amide bonds. The van der Waals surface area contributed by atoms with Crippen LogP contribution >= 0.6 is 0 Å². The van der Waals surface area contributed by atoms with E-state index in [1.54, 1.807) is 34.9 Å². The summed E-state index contributed by atoms with van der Waals surface area (Å²) in [6.45, 7) is 0.667. The van der Waals surface area contributed by atoms with Gasteiger partial charge in [-0.25, -0.2) is 13.4 Å². The Morgan fingerprint density at radius 3 is 2.17 bits per heavy atom. The molecule has 1 atom stereocenters. The maximum Gasteiger partial charge on any atom is 0.417 e. The maximum absolute atomic E-state index is 13.2. The molecule has 0 fully saturated rings. The third-order valence-electron chi connectivity index (χ3n) is 5.11. The third kappa shape index (κ3) is 5.00. The second-order valence-electron chi connectivity index (χ2n) is 7.60. The molecule has 13 heteroatoms. The zero-order valence-corrected chi connectivity index (χ0v) is 18.6. The summed E-state index contributed by atoms with van der Waals surface area (Å²) >= 11 is 0. The predicted molar refractivity (Wildman–Crippen MR) is 115 cm³/mol. The van der Waals surface area contributed by atoms with Crippen molar-refractivity contribution in [1.82, 2.24) is 19.3 Å². The molecule has 0 aliphatic heterocycles. The average Bonchev–Trinajstić information content (AvgIpc) is 3.17. The van der Waals surface area contributed by atoms with Crippen LogP contribution in [-0.2, 0) is 16.2 Å². The van der Waals surface area contributed by atoms with Gasteiger partial charge < -0.3 is 0 Å². The number of hydrogen-bond donors (Lipinski definition) is 1. The molecule has 3 heterocycles.